The van der Waals surface area contributed by atoms with E-state index < -0.39 is 16.9 Å². The number of non-ortho nitro benzene ring substituents is 1. The molecule has 0 amide bonds. The molecule has 0 radical (unpaired) electrons. The lowest BCUT2D eigenvalue weighted by molar-refractivity contribution is -0.384. The maximum Gasteiger partial charge on any atom is 0.327 e. The summed E-state index contributed by atoms with van der Waals surface area (Å²) in [6.45, 7) is 0. The molecule has 0 spiro atoms. The number of rotatable bonds is 3. The van der Waals surface area contributed by atoms with E-state index in [4.69, 9.17) is 5.73 Å². The van der Waals surface area contributed by atoms with Crippen molar-refractivity contribution in [1.82, 2.24) is 0 Å². The molecule has 0 heterocycles. The molecule has 80 valence electrons. The zero-order chi connectivity index (χ0) is 11.4. The zero-order valence-electron chi connectivity index (χ0n) is 8.04. The molecule has 0 unspecified atom stereocenters. The van der Waals surface area contributed by atoms with Crippen molar-refractivity contribution < 1.29 is 14.5 Å². The van der Waals surface area contributed by atoms with Crippen molar-refractivity contribution in [2.75, 3.05) is 7.11 Å². The Morgan fingerprint density at radius 3 is 2.40 bits per heavy atom. The molecule has 0 bridgehead atoms. The summed E-state index contributed by atoms with van der Waals surface area (Å²) in [6, 6.07) is 4.53. The first-order valence-corrected chi connectivity index (χ1v) is 4.14. The number of nitro groups is 1. The second-order valence-corrected chi connectivity index (χ2v) is 2.85. The van der Waals surface area contributed by atoms with E-state index in [-0.39, 0.29) is 5.69 Å². The van der Waals surface area contributed by atoms with Gasteiger partial charge in [-0.1, -0.05) is 12.1 Å². The van der Waals surface area contributed by atoms with Crippen molar-refractivity contribution in [1.29, 1.82) is 0 Å². The molecule has 0 aromatic heterocycles. The molecule has 1 aromatic carbocycles. The van der Waals surface area contributed by atoms with Crippen LogP contribution in [0.3, 0.4) is 0 Å². The SMILES string of the molecule is COC(=O)[C@H](N)c1ccc([N+](=O)[O-])cc1. The molecule has 1 atom stereocenters. The monoisotopic (exact) mass is 210 g/mol. The summed E-state index contributed by atoms with van der Waals surface area (Å²) in [4.78, 5) is 20.9. The quantitative estimate of drug-likeness (QED) is 0.451. The van der Waals surface area contributed by atoms with Crippen LogP contribution in [0.1, 0.15) is 11.6 Å². The van der Waals surface area contributed by atoms with E-state index in [1.54, 1.807) is 0 Å². The fourth-order valence-corrected chi connectivity index (χ4v) is 1.07. The predicted molar refractivity (Wildman–Crippen MR) is 52.0 cm³/mol. The number of ether oxygens (including phenoxy) is 1. The molecule has 1 rings (SSSR count). The van der Waals surface area contributed by atoms with Gasteiger partial charge in [-0.25, -0.2) is 0 Å². The number of hydrogen-bond donors (Lipinski definition) is 1. The van der Waals surface area contributed by atoms with Crippen LogP contribution in [0, 0.1) is 10.1 Å². The third-order valence-electron chi connectivity index (χ3n) is 1.92. The van der Waals surface area contributed by atoms with E-state index in [2.05, 4.69) is 4.74 Å². The van der Waals surface area contributed by atoms with Crippen LogP contribution < -0.4 is 5.73 Å². The maximum absolute atomic E-state index is 11.0. The van der Waals surface area contributed by atoms with E-state index in [0.29, 0.717) is 5.56 Å². The van der Waals surface area contributed by atoms with Gasteiger partial charge in [0.2, 0.25) is 0 Å². The number of nitrogens with two attached hydrogens (primary N) is 1. The Balaban J connectivity index is 2.89. The maximum atomic E-state index is 11.0. The van der Waals surface area contributed by atoms with Gasteiger partial charge in [0.25, 0.3) is 5.69 Å². The summed E-state index contributed by atoms with van der Waals surface area (Å²) in [6.07, 6.45) is 0. The van der Waals surface area contributed by atoms with E-state index in [1.165, 1.54) is 31.4 Å². The van der Waals surface area contributed by atoms with Crippen LogP contribution in [-0.2, 0) is 9.53 Å². The van der Waals surface area contributed by atoms with Crippen LogP contribution >= 0.6 is 0 Å². The van der Waals surface area contributed by atoms with Gasteiger partial charge in [-0.15, -0.1) is 0 Å². The van der Waals surface area contributed by atoms with Crippen molar-refractivity contribution in [2.24, 2.45) is 5.73 Å². The Bertz CT molecular complexity index is 374. The largest absolute Gasteiger partial charge is 0.468 e. The first-order valence-electron chi connectivity index (χ1n) is 4.14. The fraction of sp³-hybridized carbons (Fsp3) is 0.222. The molecule has 15 heavy (non-hydrogen) atoms. The second-order valence-electron chi connectivity index (χ2n) is 2.85. The molecule has 2 N–H and O–H groups in total. The predicted octanol–water partition coefficient (Wildman–Crippen LogP) is 0.768. The van der Waals surface area contributed by atoms with E-state index in [9.17, 15) is 14.9 Å². The number of benzene rings is 1. The Morgan fingerprint density at radius 1 is 1.47 bits per heavy atom. The van der Waals surface area contributed by atoms with Crippen LogP contribution in [0.15, 0.2) is 24.3 Å². The van der Waals surface area contributed by atoms with Crippen molar-refractivity contribution in [3.63, 3.8) is 0 Å². The fourth-order valence-electron chi connectivity index (χ4n) is 1.07. The smallest absolute Gasteiger partial charge is 0.327 e. The molecule has 0 aliphatic carbocycles. The minimum absolute atomic E-state index is 0.0455. The summed E-state index contributed by atoms with van der Waals surface area (Å²) in [5, 5.41) is 10.4. The minimum Gasteiger partial charge on any atom is -0.468 e. The van der Waals surface area contributed by atoms with Crippen LogP contribution in [0.2, 0.25) is 0 Å². The van der Waals surface area contributed by atoms with E-state index in [0.717, 1.165) is 0 Å². The Kier molecular flexibility index (Phi) is 3.35. The lowest BCUT2D eigenvalue weighted by Crippen LogP contribution is -2.22. The molecule has 6 nitrogen and oxygen atoms in total. The Morgan fingerprint density at radius 2 is 2.00 bits per heavy atom. The summed E-state index contributed by atoms with van der Waals surface area (Å²) < 4.78 is 4.45. The van der Waals surface area contributed by atoms with Gasteiger partial charge in [-0.05, 0) is 5.56 Å². The van der Waals surface area contributed by atoms with Gasteiger partial charge in [0.05, 0.1) is 12.0 Å². The average Bonchev–Trinajstić information content (AvgIpc) is 2.27. The first-order chi connectivity index (χ1) is 7.06. The summed E-state index contributed by atoms with van der Waals surface area (Å²) in [5.74, 6) is -0.580. The molecular weight excluding hydrogens is 200 g/mol. The summed E-state index contributed by atoms with van der Waals surface area (Å²) in [5.41, 5.74) is 5.96. The summed E-state index contributed by atoms with van der Waals surface area (Å²) >= 11 is 0. The number of hydrogen-bond acceptors (Lipinski definition) is 5. The molecule has 0 saturated carbocycles. The van der Waals surface area contributed by atoms with Gasteiger partial charge in [0.1, 0.15) is 6.04 Å². The number of nitrogens with zero attached hydrogens (tertiary/aromatic N) is 1. The van der Waals surface area contributed by atoms with Crippen molar-refractivity contribution in [2.45, 2.75) is 6.04 Å². The lowest BCUT2D eigenvalue weighted by atomic mass is 10.1. The van der Waals surface area contributed by atoms with Crippen LogP contribution in [0.25, 0.3) is 0 Å². The molecule has 0 fully saturated rings. The Labute approximate surface area is 85.8 Å². The highest BCUT2D eigenvalue weighted by molar-refractivity contribution is 5.77. The third kappa shape index (κ3) is 2.50. The first kappa shape index (κ1) is 11.1. The highest BCUT2D eigenvalue weighted by Gasteiger charge is 2.16. The number of nitro benzene ring substituents is 1. The van der Waals surface area contributed by atoms with Gasteiger partial charge >= 0.3 is 5.97 Å². The van der Waals surface area contributed by atoms with Gasteiger partial charge in [-0.3, -0.25) is 14.9 Å². The standard InChI is InChI=1S/C9H10N2O4/c1-15-9(12)8(10)6-2-4-7(5-3-6)11(13)14/h2-5,8H,10H2,1H3/t8-/m1/s1. The molecular formula is C9H10N2O4. The summed E-state index contributed by atoms with van der Waals surface area (Å²) in [7, 11) is 1.23. The lowest BCUT2D eigenvalue weighted by Gasteiger charge is -2.08. The normalized spacial score (nSPS) is 11.9. The molecule has 0 aliphatic heterocycles. The van der Waals surface area contributed by atoms with Crippen molar-refractivity contribution >= 4 is 11.7 Å². The topological polar surface area (TPSA) is 95.5 Å². The van der Waals surface area contributed by atoms with Crippen LogP contribution in [0.4, 0.5) is 5.69 Å². The van der Waals surface area contributed by atoms with E-state index in [1.807, 2.05) is 0 Å². The van der Waals surface area contributed by atoms with E-state index >= 15 is 0 Å². The molecule has 1 aromatic rings. The van der Waals surface area contributed by atoms with Gasteiger partial charge in [0, 0.05) is 12.1 Å². The van der Waals surface area contributed by atoms with Crippen molar-refractivity contribution in [3.05, 3.63) is 39.9 Å². The number of methoxy groups -OCH3 is 1. The third-order valence-corrected chi connectivity index (χ3v) is 1.92. The van der Waals surface area contributed by atoms with Crippen molar-refractivity contribution in [3.8, 4) is 0 Å². The van der Waals surface area contributed by atoms with Gasteiger partial charge < -0.3 is 10.5 Å². The molecule has 0 saturated heterocycles. The molecule has 6 heteroatoms. The Hall–Kier alpha value is -1.95. The number of carbonyl (C=O) groups excluding carboxylic acids is 1. The number of carbonyl (C=O) groups is 1. The second kappa shape index (κ2) is 4.52. The average molecular weight is 210 g/mol. The van der Waals surface area contributed by atoms with Crippen LogP contribution in [0.5, 0.6) is 0 Å². The zero-order valence-corrected chi connectivity index (χ0v) is 8.04. The highest BCUT2D eigenvalue weighted by atomic mass is 16.6. The molecule has 0 aliphatic rings. The van der Waals surface area contributed by atoms with Crippen LogP contribution in [-0.4, -0.2) is 18.0 Å². The minimum atomic E-state index is -0.907. The number of esters is 1. The van der Waals surface area contributed by atoms with Gasteiger partial charge in [0.15, 0.2) is 0 Å². The highest BCUT2D eigenvalue weighted by Crippen LogP contribution is 2.16. The van der Waals surface area contributed by atoms with Gasteiger partial charge in [-0.2, -0.15) is 0 Å².